The SMILES string of the molecule is COc1ccc(-c2noc(C3CC(=O)N(c4cccc5c4CCCC5)C3)n2)cc1F. The number of methoxy groups -OCH3 is 1. The van der Waals surface area contributed by atoms with Crippen molar-refractivity contribution in [3.63, 3.8) is 0 Å². The molecule has 1 fully saturated rings. The fraction of sp³-hybridized carbons (Fsp3) is 0.348. The lowest BCUT2D eigenvalue weighted by molar-refractivity contribution is -0.117. The molecule has 2 aromatic carbocycles. The molecule has 0 saturated carbocycles. The van der Waals surface area contributed by atoms with Gasteiger partial charge in [-0.2, -0.15) is 4.98 Å². The Morgan fingerprint density at radius 2 is 2.07 bits per heavy atom. The third-order valence-corrected chi connectivity index (χ3v) is 5.99. The molecular formula is C23H22FN3O3. The van der Waals surface area contributed by atoms with Crippen LogP contribution in [-0.2, 0) is 17.6 Å². The molecule has 6 nitrogen and oxygen atoms in total. The average Bonchev–Trinajstić information content (AvgIpc) is 3.40. The van der Waals surface area contributed by atoms with Crippen LogP contribution >= 0.6 is 0 Å². The number of nitrogens with zero attached hydrogens (tertiary/aromatic N) is 3. The zero-order chi connectivity index (χ0) is 20.7. The molecule has 2 aliphatic rings. The summed E-state index contributed by atoms with van der Waals surface area (Å²) < 4.78 is 24.4. The highest BCUT2D eigenvalue weighted by atomic mass is 19.1. The first-order valence-corrected chi connectivity index (χ1v) is 10.2. The first-order chi connectivity index (χ1) is 14.6. The highest BCUT2D eigenvalue weighted by Crippen LogP contribution is 2.37. The highest BCUT2D eigenvalue weighted by Gasteiger charge is 2.36. The molecule has 7 heteroatoms. The van der Waals surface area contributed by atoms with Gasteiger partial charge in [0.25, 0.3) is 0 Å². The Morgan fingerprint density at radius 1 is 1.20 bits per heavy atom. The van der Waals surface area contributed by atoms with Gasteiger partial charge >= 0.3 is 0 Å². The van der Waals surface area contributed by atoms with Crippen LogP contribution < -0.4 is 9.64 Å². The highest BCUT2D eigenvalue weighted by molar-refractivity contribution is 5.97. The fourth-order valence-corrected chi connectivity index (χ4v) is 4.44. The van der Waals surface area contributed by atoms with Gasteiger partial charge in [-0.25, -0.2) is 4.39 Å². The predicted octanol–water partition coefficient (Wildman–Crippen LogP) is 4.28. The Labute approximate surface area is 173 Å². The van der Waals surface area contributed by atoms with Crippen LogP contribution in [0, 0.1) is 5.82 Å². The summed E-state index contributed by atoms with van der Waals surface area (Å²) in [6.07, 6.45) is 4.75. The number of anilines is 1. The maximum Gasteiger partial charge on any atom is 0.232 e. The molecule has 2 heterocycles. The molecule has 30 heavy (non-hydrogen) atoms. The van der Waals surface area contributed by atoms with Gasteiger partial charge in [-0.15, -0.1) is 0 Å². The lowest BCUT2D eigenvalue weighted by atomic mass is 9.90. The van der Waals surface area contributed by atoms with E-state index in [2.05, 4.69) is 16.2 Å². The number of amides is 1. The van der Waals surface area contributed by atoms with Crippen molar-refractivity contribution in [2.24, 2.45) is 0 Å². The van der Waals surface area contributed by atoms with Crippen LogP contribution in [0.25, 0.3) is 11.4 Å². The van der Waals surface area contributed by atoms with Crippen molar-refractivity contribution in [1.29, 1.82) is 0 Å². The molecule has 154 valence electrons. The number of benzene rings is 2. The monoisotopic (exact) mass is 407 g/mol. The number of rotatable bonds is 4. The maximum atomic E-state index is 14.0. The molecule has 3 aromatic rings. The van der Waals surface area contributed by atoms with Gasteiger partial charge in [0.15, 0.2) is 11.6 Å². The van der Waals surface area contributed by atoms with Crippen LogP contribution in [-0.4, -0.2) is 29.7 Å². The normalized spacial score (nSPS) is 18.5. The number of halogens is 1. The summed E-state index contributed by atoms with van der Waals surface area (Å²) >= 11 is 0. The Hall–Kier alpha value is -3.22. The largest absolute Gasteiger partial charge is 0.494 e. The van der Waals surface area contributed by atoms with E-state index in [1.807, 2.05) is 17.0 Å². The van der Waals surface area contributed by atoms with E-state index < -0.39 is 5.82 Å². The molecule has 0 spiro atoms. The summed E-state index contributed by atoms with van der Waals surface area (Å²) in [5, 5.41) is 4.00. The second-order valence-corrected chi connectivity index (χ2v) is 7.83. The summed E-state index contributed by atoms with van der Waals surface area (Å²) in [6.45, 7) is 0.508. The predicted molar refractivity (Wildman–Crippen MR) is 109 cm³/mol. The molecule has 1 aromatic heterocycles. The van der Waals surface area contributed by atoms with Gasteiger partial charge in [-0.3, -0.25) is 4.79 Å². The number of aromatic nitrogens is 2. The molecule has 1 aliphatic carbocycles. The minimum absolute atomic E-state index is 0.0641. The van der Waals surface area contributed by atoms with E-state index in [0.29, 0.717) is 30.2 Å². The second kappa shape index (κ2) is 7.55. The molecule has 1 amide bonds. The molecule has 0 N–H and O–H groups in total. The number of ether oxygens (including phenoxy) is 1. The molecular weight excluding hydrogens is 385 g/mol. The van der Waals surface area contributed by atoms with E-state index in [1.165, 1.54) is 36.8 Å². The first kappa shape index (κ1) is 18.8. The zero-order valence-corrected chi connectivity index (χ0v) is 16.7. The van der Waals surface area contributed by atoms with Crippen molar-refractivity contribution in [2.75, 3.05) is 18.6 Å². The van der Waals surface area contributed by atoms with Gasteiger partial charge in [0.2, 0.25) is 17.6 Å². The van der Waals surface area contributed by atoms with Gasteiger partial charge in [0.05, 0.1) is 13.0 Å². The molecule has 1 atom stereocenters. The number of carbonyl (C=O) groups is 1. The number of hydrogen-bond acceptors (Lipinski definition) is 5. The Morgan fingerprint density at radius 3 is 2.90 bits per heavy atom. The van der Waals surface area contributed by atoms with E-state index in [-0.39, 0.29) is 17.6 Å². The van der Waals surface area contributed by atoms with Crippen molar-refractivity contribution in [3.8, 4) is 17.1 Å². The summed E-state index contributed by atoms with van der Waals surface area (Å²) in [7, 11) is 1.41. The lowest BCUT2D eigenvalue weighted by Gasteiger charge is -2.25. The van der Waals surface area contributed by atoms with Crippen LogP contribution in [0.4, 0.5) is 10.1 Å². The number of aryl methyl sites for hydroxylation is 1. The molecule has 1 aliphatic heterocycles. The van der Waals surface area contributed by atoms with Gasteiger partial charge in [-0.1, -0.05) is 17.3 Å². The smallest absolute Gasteiger partial charge is 0.232 e. The quantitative estimate of drug-likeness (QED) is 0.646. The van der Waals surface area contributed by atoms with E-state index in [4.69, 9.17) is 9.26 Å². The first-order valence-electron chi connectivity index (χ1n) is 10.2. The number of fused-ring (bicyclic) bond motifs is 1. The van der Waals surface area contributed by atoms with E-state index >= 15 is 0 Å². The van der Waals surface area contributed by atoms with Crippen LogP contribution in [0.5, 0.6) is 5.75 Å². The Bertz CT molecular complexity index is 1110. The van der Waals surface area contributed by atoms with Crippen LogP contribution in [0.15, 0.2) is 40.9 Å². The molecule has 1 saturated heterocycles. The average molecular weight is 407 g/mol. The topological polar surface area (TPSA) is 68.5 Å². The van der Waals surface area contributed by atoms with Crippen LogP contribution in [0.1, 0.15) is 42.2 Å². The second-order valence-electron chi connectivity index (χ2n) is 7.83. The van der Waals surface area contributed by atoms with Crippen molar-refractivity contribution < 1.29 is 18.4 Å². The summed E-state index contributed by atoms with van der Waals surface area (Å²) in [6, 6.07) is 10.7. The maximum absolute atomic E-state index is 14.0. The zero-order valence-electron chi connectivity index (χ0n) is 16.7. The molecule has 0 radical (unpaired) electrons. The van der Waals surface area contributed by atoms with Gasteiger partial charge in [0, 0.05) is 24.2 Å². The number of carbonyl (C=O) groups excluding carboxylic acids is 1. The Balaban J connectivity index is 1.39. The third-order valence-electron chi connectivity index (χ3n) is 5.99. The minimum Gasteiger partial charge on any atom is -0.494 e. The summed E-state index contributed by atoms with van der Waals surface area (Å²) in [4.78, 5) is 19.1. The lowest BCUT2D eigenvalue weighted by Crippen LogP contribution is -2.26. The van der Waals surface area contributed by atoms with Crippen molar-refractivity contribution >= 4 is 11.6 Å². The van der Waals surface area contributed by atoms with E-state index in [0.717, 1.165) is 24.9 Å². The summed E-state index contributed by atoms with van der Waals surface area (Å²) in [5.74, 6) is 0.259. The molecule has 0 bridgehead atoms. The summed E-state index contributed by atoms with van der Waals surface area (Å²) in [5.41, 5.74) is 4.15. The van der Waals surface area contributed by atoms with E-state index in [9.17, 15) is 9.18 Å². The fourth-order valence-electron chi connectivity index (χ4n) is 4.44. The van der Waals surface area contributed by atoms with Crippen LogP contribution in [0.3, 0.4) is 0 Å². The minimum atomic E-state index is -0.488. The van der Waals surface area contributed by atoms with Gasteiger partial charge in [0.1, 0.15) is 0 Å². The van der Waals surface area contributed by atoms with Crippen LogP contribution in [0.2, 0.25) is 0 Å². The van der Waals surface area contributed by atoms with E-state index in [1.54, 1.807) is 6.07 Å². The molecule has 1 unspecified atom stereocenters. The van der Waals surface area contributed by atoms with Crippen molar-refractivity contribution in [2.45, 2.75) is 38.0 Å². The molecule has 5 rings (SSSR count). The van der Waals surface area contributed by atoms with Crippen molar-refractivity contribution in [3.05, 3.63) is 59.2 Å². The van der Waals surface area contributed by atoms with Gasteiger partial charge < -0.3 is 14.2 Å². The van der Waals surface area contributed by atoms with Crippen molar-refractivity contribution in [1.82, 2.24) is 10.1 Å². The van der Waals surface area contributed by atoms with Gasteiger partial charge in [-0.05, 0) is 61.1 Å². The Kier molecular flexibility index (Phi) is 4.73. The number of hydrogen-bond donors (Lipinski definition) is 0. The third kappa shape index (κ3) is 3.24. The standard InChI is InChI=1S/C23H22FN3O3/c1-29-20-10-9-15(11-18(20)24)22-25-23(30-26-22)16-12-21(28)27(13-16)19-8-4-6-14-5-2-3-7-17(14)19/h4,6,8-11,16H,2-3,5,7,12-13H2,1H3.